The van der Waals surface area contributed by atoms with Crippen LogP contribution in [0.4, 0.5) is 18.9 Å². The van der Waals surface area contributed by atoms with Gasteiger partial charge in [0.05, 0.1) is 18.7 Å². The van der Waals surface area contributed by atoms with Crippen molar-refractivity contribution < 1.29 is 17.9 Å². The Labute approximate surface area is 216 Å². The summed E-state index contributed by atoms with van der Waals surface area (Å²) in [7, 11) is 1.59. The lowest BCUT2D eigenvalue weighted by Gasteiger charge is -2.39. The molecule has 0 spiro atoms. The number of benzene rings is 2. The zero-order chi connectivity index (χ0) is 26.9. The second-order valence-electron chi connectivity index (χ2n) is 9.37. The Balaban J connectivity index is 1.48. The highest BCUT2D eigenvalue weighted by Crippen LogP contribution is 2.33. The van der Waals surface area contributed by atoms with E-state index in [4.69, 9.17) is 4.74 Å². The predicted molar refractivity (Wildman–Crippen MR) is 136 cm³/mol. The van der Waals surface area contributed by atoms with Crippen LogP contribution in [0, 0.1) is 6.92 Å². The molecule has 1 unspecified atom stereocenters. The van der Waals surface area contributed by atoms with Gasteiger partial charge >= 0.3 is 6.18 Å². The molecule has 12 heteroatoms. The fourth-order valence-electron chi connectivity index (χ4n) is 4.90. The number of anilines is 1. The van der Waals surface area contributed by atoms with E-state index in [0.29, 0.717) is 56.4 Å². The zero-order valence-corrected chi connectivity index (χ0v) is 21.1. The summed E-state index contributed by atoms with van der Waals surface area (Å²) >= 11 is 0. The molecular weight excluding hydrogens is 499 g/mol. The molecule has 1 aliphatic heterocycles. The highest BCUT2D eigenvalue weighted by Gasteiger charge is 2.34. The second-order valence-corrected chi connectivity index (χ2v) is 9.37. The monoisotopic (exact) mass is 527 g/mol. The van der Waals surface area contributed by atoms with Crippen molar-refractivity contribution in [2.75, 3.05) is 44.8 Å². The number of hydrogen-bond donors (Lipinski definition) is 1. The fourth-order valence-corrected chi connectivity index (χ4v) is 4.90. The van der Waals surface area contributed by atoms with E-state index in [9.17, 15) is 18.0 Å². The van der Waals surface area contributed by atoms with Crippen LogP contribution >= 0.6 is 0 Å². The first-order chi connectivity index (χ1) is 18.2. The van der Waals surface area contributed by atoms with Crippen molar-refractivity contribution >= 4 is 16.6 Å². The molecule has 0 radical (unpaired) electrons. The maximum atomic E-state index is 13.4. The molecule has 0 bridgehead atoms. The highest BCUT2D eigenvalue weighted by molar-refractivity contribution is 5.79. The van der Waals surface area contributed by atoms with Crippen LogP contribution in [0.5, 0.6) is 0 Å². The number of halogens is 3. The average molecular weight is 528 g/mol. The van der Waals surface area contributed by atoms with E-state index < -0.39 is 17.8 Å². The number of nitrogens with one attached hydrogen (secondary N) is 1. The topological polar surface area (TPSA) is 92.2 Å². The minimum atomic E-state index is -4.40. The first-order valence-corrected chi connectivity index (χ1v) is 12.3. The van der Waals surface area contributed by atoms with Crippen molar-refractivity contribution in [1.29, 1.82) is 0 Å². The van der Waals surface area contributed by atoms with Gasteiger partial charge in [-0.2, -0.15) is 13.2 Å². The number of methoxy groups -OCH3 is 1. The zero-order valence-electron chi connectivity index (χ0n) is 21.1. The largest absolute Gasteiger partial charge is 0.416 e. The van der Waals surface area contributed by atoms with Gasteiger partial charge in [-0.15, -0.1) is 5.10 Å². The van der Waals surface area contributed by atoms with Gasteiger partial charge in [0.15, 0.2) is 5.82 Å². The average Bonchev–Trinajstić information content (AvgIpc) is 3.36. The number of aromatic nitrogens is 5. The number of aromatic amines is 1. The number of piperazine rings is 1. The first kappa shape index (κ1) is 25.9. The van der Waals surface area contributed by atoms with Crippen molar-refractivity contribution in [3.05, 3.63) is 81.4 Å². The van der Waals surface area contributed by atoms with Crippen LogP contribution in [-0.4, -0.2) is 70.0 Å². The molecule has 5 rings (SSSR count). The van der Waals surface area contributed by atoms with Gasteiger partial charge in [0, 0.05) is 50.1 Å². The summed E-state index contributed by atoms with van der Waals surface area (Å²) in [5, 5.41) is 13.1. The maximum absolute atomic E-state index is 13.4. The lowest BCUT2D eigenvalue weighted by atomic mass is 10.0. The lowest BCUT2D eigenvalue weighted by molar-refractivity contribution is -0.137. The molecule has 1 N–H and O–H groups in total. The van der Waals surface area contributed by atoms with Crippen LogP contribution in [-0.2, 0) is 17.5 Å². The molecule has 0 saturated carbocycles. The molecule has 1 aliphatic rings. The summed E-state index contributed by atoms with van der Waals surface area (Å²) in [4.78, 5) is 20.4. The molecule has 200 valence electrons. The number of nitrogens with zero attached hydrogens (tertiary/aromatic N) is 6. The minimum absolute atomic E-state index is 0.241. The third-order valence-electron chi connectivity index (χ3n) is 6.85. The number of alkyl halides is 3. The fraction of sp³-hybridized carbons (Fsp3) is 0.385. The van der Waals surface area contributed by atoms with Crippen molar-refractivity contribution in [1.82, 2.24) is 30.1 Å². The number of H-pyrrole nitrogens is 1. The standard InChI is InChI=1S/C26H28F3N7O2/c1-17-6-7-18-15-21(25(37)30-22(18)14-17)23(24-31-32-33-36(24)12-13-38-2)35-10-8-34(9-11-35)20-5-3-4-19(16-20)26(27,28)29/h3-7,14-16,23H,8-13H2,1-2H3,(H,30,37). The van der Waals surface area contributed by atoms with Gasteiger partial charge in [-0.3, -0.25) is 9.69 Å². The van der Waals surface area contributed by atoms with Crippen molar-refractivity contribution in [3.63, 3.8) is 0 Å². The number of pyridine rings is 1. The van der Waals surface area contributed by atoms with Crippen LogP contribution in [0.25, 0.3) is 10.9 Å². The van der Waals surface area contributed by atoms with Gasteiger partial charge in [0.1, 0.15) is 6.04 Å². The number of rotatable bonds is 7. The van der Waals surface area contributed by atoms with E-state index in [1.54, 1.807) is 17.9 Å². The summed E-state index contributed by atoms with van der Waals surface area (Å²) in [6.07, 6.45) is -4.40. The van der Waals surface area contributed by atoms with E-state index >= 15 is 0 Å². The predicted octanol–water partition coefficient (Wildman–Crippen LogP) is 3.40. The number of fused-ring (bicyclic) bond motifs is 1. The van der Waals surface area contributed by atoms with E-state index in [0.717, 1.165) is 22.5 Å². The molecule has 9 nitrogen and oxygen atoms in total. The van der Waals surface area contributed by atoms with Crippen LogP contribution < -0.4 is 10.5 Å². The van der Waals surface area contributed by atoms with Crippen molar-refractivity contribution in [2.45, 2.75) is 25.7 Å². The van der Waals surface area contributed by atoms with Crippen LogP contribution in [0.2, 0.25) is 0 Å². The summed E-state index contributed by atoms with van der Waals surface area (Å²) in [5.41, 5.74) is 1.87. The summed E-state index contributed by atoms with van der Waals surface area (Å²) < 4.78 is 46.6. The second kappa shape index (κ2) is 10.5. The molecule has 3 heterocycles. The van der Waals surface area contributed by atoms with Gasteiger partial charge in [-0.25, -0.2) is 4.68 Å². The highest BCUT2D eigenvalue weighted by atomic mass is 19.4. The quantitative estimate of drug-likeness (QED) is 0.394. The summed E-state index contributed by atoms with van der Waals surface area (Å²) in [6, 6.07) is 12.5. The molecular formula is C26H28F3N7O2. The van der Waals surface area contributed by atoms with Gasteiger partial charge in [-0.1, -0.05) is 18.2 Å². The smallest absolute Gasteiger partial charge is 0.383 e. The minimum Gasteiger partial charge on any atom is -0.383 e. The Morgan fingerprint density at radius 3 is 2.61 bits per heavy atom. The Kier molecular flexibility index (Phi) is 7.17. The lowest BCUT2D eigenvalue weighted by Crippen LogP contribution is -2.49. The van der Waals surface area contributed by atoms with Gasteiger partial charge < -0.3 is 14.6 Å². The molecule has 2 aromatic heterocycles. The van der Waals surface area contributed by atoms with Crippen LogP contribution in [0.15, 0.2) is 53.3 Å². The SMILES string of the molecule is COCCn1nnnc1C(c1cc2ccc(C)cc2[nH]c1=O)N1CCN(c2cccc(C(F)(F)F)c2)CC1. The molecule has 1 fully saturated rings. The van der Waals surface area contributed by atoms with Crippen LogP contribution in [0.1, 0.15) is 28.6 Å². The first-order valence-electron chi connectivity index (χ1n) is 12.3. The molecule has 0 aliphatic carbocycles. The molecule has 0 amide bonds. The summed E-state index contributed by atoms with van der Waals surface area (Å²) in [6.45, 7) is 4.69. The number of aryl methyl sites for hydroxylation is 1. The van der Waals surface area contributed by atoms with E-state index in [1.165, 1.54) is 12.1 Å². The Morgan fingerprint density at radius 2 is 1.87 bits per heavy atom. The van der Waals surface area contributed by atoms with Crippen molar-refractivity contribution in [3.8, 4) is 0 Å². The van der Waals surface area contributed by atoms with Crippen LogP contribution in [0.3, 0.4) is 0 Å². The van der Waals surface area contributed by atoms with Gasteiger partial charge in [-0.05, 0) is 58.6 Å². The normalized spacial score (nSPS) is 15.8. The number of ether oxygens (including phenoxy) is 1. The van der Waals surface area contributed by atoms with E-state index in [-0.39, 0.29) is 5.56 Å². The number of hydrogen-bond acceptors (Lipinski definition) is 7. The molecule has 38 heavy (non-hydrogen) atoms. The van der Waals surface area contributed by atoms with Crippen molar-refractivity contribution in [2.24, 2.45) is 0 Å². The Bertz CT molecular complexity index is 1480. The maximum Gasteiger partial charge on any atom is 0.416 e. The molecule has 4 aromatic rings. The molecule has 1 atom stereocenters. The Morgan fingerprint density at radius 1 is 1.08 bits per heavy atom. The summed E-state index contributed by atoms with van der Waals surface area (Å²) in [5.74, 6) is 0.506. The van der Waals surface area contributed by atoms with Gasteiger partial charge in [0.2, 0.25) is 0 Å². The third kappa shape index (κ3) is 5.27. The molecule has 1 saturated heterocycles. The third-order valence-corrected chi connectivity index (χ3v) is 6.85. The molecule has 2 aromatic carbocycles. The Hall–Kier alpha value is -3.77. The van der Waals surface area contributed by atoms with E-state index in [1.807, 2.05) is 36.1 Å². The van der Waals surface area contributed by atoms with E-state index in [2.05, 4.69) is 25.4 Å². The number of tetrazole rings is 1. The van der Waals surface area contributed by atoms with Gasteiger partial charge in [0.25, 0.3) is 5.56 Å².